The number of rotatable bonds is 3. The van der Waals surface area contributed by atoms with Gasteiger partial charge in [-0.1, -0.05) is 5.16 Å². The number of hydrogen-bond acceptors (Lipinski definition) is 5. The summed E-state index contributed by atoms with van der Waals surface area (Å²) in [6, 6.07) is 0.360. The predicted molar refractivity (Wildman–Crippen MR) is 66.1 cm³/mol. The maximum absolute atomic E-state index is 5.91. The summed E-state index contributed by atoms with van der Waals surface area (Å²) in [5.74, 6) is 2.65. The van der Waals surface area contributed by atoms with Crippen LogP contribution in [-0.4, -0.2) is 29.4 Å². The molecule has 1 saturated carbocycles. The molecule has 3 rings (SSSR count). The number of nitrogens with zero attached hydrogens (tertiary/aromatic N) is 2. The highest BCUT2D eigenvalue weighted by Gasteiger charge is 2.25. The molecule has 100 valence electrons. The van der Waals surface area contributed by atoms with Gasteiger partial charge in [0, 0.05) is 31.6 Å². The largest absolute Gasteiger partial charge is 0.381 e. The average molecular weight is 251 g/mol. The fraction of sp³-hybridized carbons (Fsp3) is 0.846. The second-order valence-electron chi connectivity index (χ2n) is 5.59. The molecular formula is C13H21N3O2. The van der Waals surface area contributed by atoms with Gasteiger partial charge in [0.15, 0.2) is 5.82 Å². The normalized spacial score (nSPS) is 32.8. The minimum Gasteiger partial charge on any atom is -0.381 e. The molecule has 0 bridgehead atoms. The molecule has 1 aromatic rings. The molecule has 1 aliphatic carbocycles. The molecule has 5 nitrogen and oxygen atoms in total. The zero-order valence-corrected chi connectivity index (χ0v) is 10.7. The fourth-order valence-electron chi connectivity index (χ4n) is 2.88. The van der Waals surface area contributed by atoms with E-state index in [0.29, 0.717) is 17.9 Å². The smallest absolute Gasteiger partial charge is 0.229 e. The van der Waals surface area contributed by atoms with Crippen LogP contribution in [0.3, 0.4) is 0 Å². The Hall–Kier alpha value is -0.940. The first-order valence-corrected chi connectivity index (χ1v) is 6.97. The van der Waals surface area contributed by atoms with E-state index in [2.05, 4.69) is 10.1 Å². The van der Waals surface area contributed by atoms with Crippen molar-refractivity contribution in [3.63, 3.8) is 0 Å². The summed E-state index contributed by atoms with van der Waals surface area (Å²) in [4.78, 5) is 4.55. The van der Waals surface area contributed by atoms with Crippen molar-refractivity contribution in [2.24, 2.45) is 11.7 Å². The molecule has 0 radical (unpaired) electrons. The molecule has 5 heteroatoms. The molecule has 0 amide bonds. The van der Waals surface area contributed by atoms with Gasteiger partial charge in [-0.15, -0.1) is 0 Å². The van der Waals surface area contributed by atoms with Crippen LogP contribution >= 0.6 is 0 Å². The van der Waals surface area contributed by atoms with Crippen LogP contribution in [0.4, 0.5) is 0 Å². The lowest BCUT2D eigenvalue weighted by Gasteiger charge is -2.22. The van der Waals surface area contributed by atoms with Crippen molar-refractivity contribution in [2.45, 2.75) is 50.5 Å². The van der Waals surface area contributed by atoms with Crippen LogP contribution in [0.15, 0.2) is 4.52 Å². The Morgan fingerprint density at radius 3 is 2.72 bits per heavy atom. The molecule has 1 saturated heterocycles. The standard InChI is InChI=1S/C13H21N3O2/c14-11-3-1-10(2-4-11)13-15-12(16-18-13)7-9-5-6-17-8-9/h9-11H,1-8,14H2. The van der Waals surface area contributed by atoms with Gasteiger partial charge in [-0.05, 0) is 38.0 Å². The van der Waals surface area contributed by atoms with E-state index >= 15 is 0 Å². The highest BCUT2D eigenvalue weighted by molar-refractivity contribution is 4.97. The lowest BCUT2D eigenvalue weighted by atomic mass is 9.86. The molecule has 2 aliphatic rings. The maximum Gasteiger partial charge on any atom is 0.229 e. The minimum absolute atomic E-state index is 0.360. The molecule has 2 N–H and O–H groups in total. The van der Waals surface area contributed by atoms with E-state index in [9.17, 15) is 0 Å². The van der Waals surface area contributed by atoms with Crippen molar-refractivity contribution in [3.8, 4) is 0 Å². The fourth-order valence-corrected chi connectivity index (χ4v) is 2.88. The van der Waals surface area contributed by atoms with Gasteiger partial charge in [-0.25, -0.2) is 0 Å². The van der Waals surface area contributed by atoms with Crippen LogP contribution in [0.1, 0.15) is 49.7 Å². The first-order valence-electron chi connectivity index (χ1n) is 6.97. The van der Waals surface area contributed by atoms with Crippen LogP contribution < -0.4 is 5.73 Å². The molecule has 1 aliphatic heterocycles. The van der Waals surface area contributed by atoms with Crippen molar-refractivity contribution in [3.05, 3.63) is 11.7 Å². The number of hydrogen-bond donors (Lipinski definition) is 1. The molecule has 1 atom stereocenters. The molecule has 0 spiro atoms. The van der Waals surface area contributed by atoms with Gasteiger partial charge in [0.05, 0.1) is 0 Å². The first-order chi connectivity index (χ1) is 8.81. The van der Waals surface area contributed by atoms with Crippen molar-refractivity contribution >= 4 is 0 Å². The second kappa shape index (κ2) is 5.36. The topological polar surface area (TPSA) is 74.2 Å². The molecular weight excluding hydrogens is 230 g/mol. The summed E-state index contributed by atoms with van der Waals surface area (Å²) in [5.41, 5.74) is 5.91. The SMILES string of the molecule is NC1CCC(c2nc(CC3CCOC3)no2)CC1. The Kier molecular flexibility index (Phi) is 3.61. The van der Waals surface area contributed by atoms with Gasteiger partial charge in [-0.3, -0.25) is 0 Å². The van der Waals surface area contributed by atoms with Crippen LogP contribution in [0.25, 0.3) is 0 Å². The summed E-state index contributed by atoms with van der Waals surface area (Å²) in [6.45, 7) is 1.71. The van der Waals surface area contributed by atoms with E-state index in [4.69, 9.17) is 15.0 Å². The quantitative estimate of drug-likeness (QED) is 0.883. The Balaban J connectivity index is 1.58. The van der Waals surface area contributed by atoms with Gasteiger partial charge in [0.1, 0.15) is 0 Å². The molecule has 1 aromatic heterocycles. The third-order valence-corrected chi connectivity index (χ3v) is 4.10. The van der Waals surface area contributed by atoms with E-state index in [1.165, 1.54) is 0 Å². The zero-order chi connectivity index (χ0) is 12.4. The zero-order valence-electron chi connectivity index (χ0n) is 10.7. The monoisotopic (exact) mass is 251 g/mol. The minimum atomic E-state index is 0.360. The summed E-state index contributed by atoms with van der Waals surface area (Å²) in [5, 5.41) is 4.10. The third kappa shape index (κ3) is 2.72. The van der Waals surface area contributed by atoms with E-state index in [1.807, 2.05) is 0 Å². The Labute approximate surface area is 107 Å². The van der Waals surface area contributed by atoms with E-state index in [-0.39, 0.29) is 0 Å². The summed E-state index contributed by atoms with van der Waals surface area (Å²) in [6.07, 6.45) is 6.29. The van der Waals surface area contributed by atoms with Crippen molar-refractivity contribution in [2.75, 3.05) is 13.2 Å². The van der Waals surface area contributed by atoms with Gasteiger partial charge >= 0.3 is 0 Å². The van der Waals surface area contributed by atoms with Crippen LogP contribution in [-0.2, 0) is 11.2 Å². The third-order valence-electron chi connectivity index (χ3n) is 4.10. The molecule has 18 heavy (non-hydrogen) atoms. The predicted octanol–water partition coefficient (Wildman–Crippen LogP) is 1.63. The Morgan fingerprint density at radius 2 is 2.00 bits per heavy atom. The van der Waals surface area contributed by atoms with E-state index in [1.54, 1.807) is 0 Å². The van der Waals surface area contributed by atoms with Gasteiger partial charge in [0.2, 0.25) is 5.89 Å². The molecule has 0 aromatic carbocycles. The van der Waals surface area contributed by atoms with Crippen LogP contribution in [0.5, 0.6) is 0 Å². The Bertz CT molecular complexity index is 379. The first kappa shape index (κ1) is 12.1. The summed E-state index contributed by atoms with van der Waals surface area (Å²) >= 11 is 0. The average Bonchev–Trinajstić information content (AvgIpc) is 3.02. The van der Waals surface area contributed by atoms with Gasteiger partial charge < -0.3 is 15.0 Å². The van der Waals surface area contributed by atoms with Crippen molar-refractivity contribution < 1.29 is 9.26 Å². The number of aromatic nitrogens is 2. The molecule has 2 fully saturated rings. The van der Waals surface area contributed by atoms with Crippen molar-refractivity contribution in [1.29, 1.82) is 0 Å². The highest BCUT2D eigenvalue weighted by Crippen LogP contribution is 2.31. The lowest BCUT2D eigenvalue weighted by molar-refractivity contribution is 0.185. The Morgan fingerprint density at radius 1 is 1.17 bits per heavy atom. The van der Waals surface area contributed by atoms with Crippen LogP contribution in [0.2, 0.25) is 0 Å². The summed E-state index contributed by atoms with van der Waals surface area (Å²) in [7, 11) is 0. The number of nitrogens with two attached hydrogens (primary N) is 1. The van der Waals surface area contributed by atoms with Crippen molar-refractivity contribution in [1.82, 2.24) is 10.1 Å². The maximum atomic E-state index is 5.91. The second-order valence-corrected chi connectivity index (χ2v) is 5.59. The lowest BCUT2D eigenvalue weighted by Crippen LogP contribution is -2.25. The van der Waals surface area contributed by atoms with E-state index in [0.717, 1.165) is 63.5 Å². The summed E-state index contributed by atoms with van der Waals surface area (Å²) < 4.78 is 10.8. The van der Waals surface area contributed by atoms with Gasteiger partial charge in [-0.2, -0.15) is 4.98 Å². The molecule has 1 unspecified atom stereocenters. The van der Waals surface area contributed by atoms with E-state index < -0.39 is 0 Å². The molecule has 2 heterocycles. The van der Waals surface area contributed by atoms with Crippen LogP contribution in [0, 0.1) is 5.92 Å². The highest BCUT2D eigenvalue weighted by atomic mass is 16.5. The number of ether oxygens (including phenoxy) is 1. The van der Waals surface area contributed by atoms with Gasteiger partial charge in [0.25, 0.3) is 0 Å².